The maximum Gasteiger partial charge on any atom is 0.337 e. The van der Waals surface area contributed by atoms with Crippen molar-refractivity contribution in [3.63, 3.8) is 0 Å². The van der Waals surface area contributed by atoms with E-state index in [0.29, 0.717) is 39.7 Å². The van der Waals surface area contributed by atoms with E-state index in [1.807, 2.05) is 25.1 Å². The Balaban J connectivity index is 1.67. The number of Topliss-reactive ketones (excluding diaryl/α,β-unsaturated/α-hetero) is 1. The van der Waals surface area contributed by atoms with Crippen molar-refractivity contribution in [1.82, 2.24) is 4.98 Å². The molecule has 1 aliphatic rings. The average molecular weight is 543 g/mol. The second-order valence-electron chi connectivity index (χ2n) is 8.89. The fraction of sp³-hybridized carbons (Fsp3) is 0.200. The number of anilines is 1. The van der Waals surface area contributed by atoms with E-state index in [0.717, 1.165) is 16.7 Å². The highest BCUT2D eigenvalue weighted by molar-refractivity contribution is 7.22. The molecule has 5 rings (SSSR count). The van der Waals surface area contributed by atoms with E-state index in [4.69, 9.17) is 9.47 Å². The van der Waals surface area contributed by atoms with E-state index >= 15 is 0 Å². The Morgan fingerprint density at radius 1 is 1.00 bits per heavy atom. The molecule has 3 aromatic carbocycles. The minimum absolute atomic E-state index is 0.0662. The predicted octanol–water partition coefficient (Wildman–Crippen LogP) is 5.67. The van der Waals surface area contributed by atoms with Crippen molar-refractivity contribution < 1.29 is 29.0 Å². The van der Waals surface area contributed by atoms with E-state index < -0.39 is 23.7 Å². The zero-order chi connectivity index (χ0) is 27.7. The van der Waals surface area contributed by atoms with Gasteiger partial charge in [0.15, 0.2) is 5.13 Å². The second-order valence-corrected chi connectivity index (χ2v) is 9.90. The van der Waals surface area contributed by atoms with Crippen LogP contribution in [0.4, 0.5) is 5.13 Å². The number of rotatable bonds is 7. The smallest absolute Gasteiger partial charge is 0.337 e. The number of ketones is 1. The van der Waals surface area contributed by atoms with Crippen LogP contribution in [-0.2, 0) is 20.7 Å². The van der Waals surface area contributed by atoms with Gasteiger partial charge in [-0.25, -0.2) is 9.78 Å². The van der Waals surface area contributed by atoms with Gasteiger partial charge in [0.05, 0.1) is 41.1 Å². The highest BCUT2D eigenvalue weighted by Crippen LogP contribution is 2.44. The van der Waals surface area contributed by atoms with Crippen molar-refractivity contribution in [3.8, 4) is 5.75 Å². The Morgan fingerprint density at radius 2 is 1.69 bits per heavy atom. The van der Waals surface area contributed by atoms with Crippen LogP contribution in [0, 0.1) is 0 Å². The lowest BCUT2D eigenvalue weighted by Gasteiger charge is -2.23. The number of nitrogens with zero attached hydrogens (tertiary/aromatic N) is 2. The summed E-state index contributed by atoms with van der Waals surface area (Å²) in [5.41, 5.74) is 2.98. The first-order chi connectivity index (χ1) is 18.9. The van der Waals surface area contributed by atoms with Gasteiger partial charge in [0.2, 0.25) is 0 Å². The van der Waals surface area contributed by atoms with Gasteiger partial charge < -0.3 is 14.6 Å². The number of methoxy groups -OCH3 is 1. The number of aliphatic hydroxyl groups excluding tert-OH is 1. The number of esters is 1. The van der Waals surface area contributed by atoms with Crippen molar-refractivity contribution in [1.29, 1.82) is 0 Å². The number of carbonyl (C=O) groups is 3. The van der Waals surface area contributed by atoms with Crippen LogP contribution in [0.15, 0.2) is 72.3 Å². The first-order valence-electron chi connectivity index (χ1n) is 12.5. The summed E-state index contributed by atoms with van der Waals surface area (Å²) in [4.78, 5) is 45.0. The first-order valence-corrected chi connectivity index (χ1v) is 13.3. The van der Waals surface area contributed by atoms with Crippen LogP contribution < -0.4 is 9.64 Å². The summed E-state index contributed by atoms with van der Waals surface area (Å²) in [6.45, 7) is 4.41. The van der Waals surface area contributed by atoms with Gasteiger partial charge in [-0.15, -0.1) is 0 Å². The number of aryl methyl sites for hydroxylation is 1. The highest BCUT2D eigenvalue weighted by atomic mass is 32.1. The maximum absolute atomic E-state index is 13.5. The highest BCUT2D eigenvalue weighted by Gasteiger charge is 2.48. The Bertz CT molecular complexity index is 1600. The Morgan fingerprint density at radius 3 is 2.33 bits per heavy atom. The molecule has 9 heteroatoms. The summed E-state index contributed by atoms with van der Waals surface area (Å²) < 4.78 is 11.2. The molecular formula is C30H26N2O6S. The minimum Gasteiger partial charge on any atom is -0.507 e. The molecule has 0 bridgehead atoms. The summed E-state index contributed by atoms with van der Waals surface area (Å²) in [7, 11) is 1.29. The largest absolute Gasteiger partial charge is 0.507 e. The summed E-state index contributed by atoms with van der Waals surface area (Å²) >= 11 is 1.30. The van der Waals surface area contributed by atoms with Crippen LogP contribution in [0.1, 0.15) is 46.9 Å². The quantitative estimate of drug-likeness (QED) is 0.139. The normalized spacial score (nSPS) is 16.6. The van der Waals surface area contributed by atoms with Crippen LogP contribution in [0.2, 0.25) is 0 Å². The third kappa shape index (κ3) is 4.77. The van der Waals surface area contributed by atoms with Crippen LogP contribution in [0.3, 0.4) is 0 Å². The Kier molecular flexibility index (Phi) is 7.17. The number of thiazole rings is 1. The zero-order valence-electron chi connectivity index (χ0n) is 21.6. The maximum atomic E-state index is 13.5. The van der Waals surface area contributed by atoms with Crippen molar-refractivity contribution in [2.45, 2.75) is 26.3 Å². The number of hydrogen-bond donors (Lipinski definition) is 1. The third-order valence-electron chi connectivity index (χ3n) is 6.59. The third-order valence-corrected chi connectivity index (χ3v) is 7.60. The molecule has 39 heavy (non-hydrogen) atoms. The van der Waals surface area contributed by atoms with Crippen LogP contribution >= 0.6 is 11.3 Å². The van der Waals surface area contributed by atoms with Gasteiger partial charge in [0.1, 0.15) is 11.5 Å². The van der Waals surface area contributed by atoms with Crippen molar-refractivity contribution in [2.75, 3.05) is 18.6 Å². The number of fused-ring (bicyclic) bond motifs is 1. The van der Waals surface area contributed by atoms with Crippen LogP contribution in [0.5, 0.6) is 5.75 Å². The molecule has 1 saturated heterocycles. The van der Waals surface area contributed by atoms with E-state index in [1.54, 1.807) is 48.5 Å². The standard InChI is InChI=1S/C30H26N2O6S/c1-4-17-6-15-22-23(16-17)39-30(31-22)32-25(18-7-9-20(10-8-18)29(36)37-3)24(27(34)28(32)35)26(33)19-11-13-21(14-12-19)38-5-2/h6-16,25,33H,4-5H2,1-3H3/b26-24+/t25-/m1/s1. The number of ether oxygens (including phenoxy) is 2. The lowest BCUT2D eigenvalue weighted by atomic mass is 9.94. The molecule has 0 spiro atoms. The molecular weight excluding hydrogens is 516 g/mol. The lowest BCUT2D eigenvalue weighted by Crippen LogP contribution is -2.29. The minimum atomic E-state index is -0.963. The number of hydrogen-bond acceptors (Lipinski definition) is 8. The fourth-order valence-corrected chi connectivity index (χ4v) is 5.63. The molecule has 1 aromatic heterocycles. The second kappa shape index (κ2) is 10.7. The van der Waals surface area contributed by atoms with Gasteiger partial charge in [0.25, 0.3) is 5.78 Å². The molecule has 0 radical (unpaired) electrons. The Hall–Kier alpha value is -4.50. The van der Waals surface area contributed by atoms with E-state index in [9.17, 15) is 19.5 Å². The molecule has 8 nitrogen and oxygen atoms in total. The lowest BCUT2D eigenvalue weighted by molar-refractivity contribution is -0.132. The summed E-state index contributed by atoms with van der Waals surface area (Å²) in [5, 5.41) is 11.7. The molecule has 1 fully saturated rings. The molecule has 0 aliphatic carbocycles. The van der Waals surface area contributed by atoms with Crippen LogP contribution in [-0.4, -0.2) is 41.5 Å². The predicted molar refractivity (Wildman–Crippen MR) is 149 cm³/mol. The molecule has 1 aliphatic heterocycles. The van der Waals surface area contributed by atoms with Gasteiger partial charge >= 0.3 is 11.9 Å². The zero-order valence-corrected chi connectivity index (χ0v) is 22.5. The molecule has 1 N–H and O–H groups in total. The summed E-state index contributed by atoms with van der Waals surface area (Å²) in [6, 6.07) is 18.0. The average Bonchev–Trinajstić information content (AvgIpc) is 3.50. The molecule has 0 saturated carbocycles. The number of aromatic nitrogens is 1. The fourth-order valence-electron chi connectivity index (χ4n) is 4.58. The number of aliphatic hydroxyl groups is 1. The number of benzene rings is 3. The number of carbonyl (C=O) groups excluding carboxylic acids is 3. The van der Waals surface area contributed by atoms with E-state index in [1.165, 1.54) is 23.3 Å². The van der Waals surface area contributed by atoms with E-state index in [2.05, 4.69) is 11.9 Å². The molecule has 4 aromatic rings. The molecule has 1 amide bonds. The molecule has 198 valence electrons. The van der Waals surface area contributed by atoms with Gasteiger partial charge in [-0.05, 0) is 73.0 Å². The van der Waals surface area contributed by atoms with Gasteiger partial charge in [0, 0.05) is 5.56 Å². The summed E-state index contributed by atoms with van der Waals surface area (Å²) in [5.74, 6) is -1.82. The summed E-state index contributed by atoms with van der Waals surface area (Å²) in [6.07, 6.45) is 0.850. The van der Waals surface area contributed by atoms with Crippen LogP contribution in [0.25, 0.3) is 16.0 Å². The van der Waals surface area contributed by atoms with Gasteiger partial charge in [-0.3, -0.25) is 14.5 Å². The van der Waals surface area contributed by atoms with Crippen molar-refractivity contribution >= 4 is 50.1 Å². The topological polar surface area (TPSA) is 106 Å². The molecule has 0 unspecified atom stereocenters. The SMILES string of the molecule is CCOc1ccc(/C(O)=C2\C(=O)C(=O)N(c3nc4ccc(CC)cc4s3)[C@@H]2c2ccc(C(=O)OC)cc2)cc1. The van der Waals surface area contributed by atoms with Gasteiger partial charge in [-0.2, -0.15) is 0 Å². The van der Waals surface area contributed by atoms with E-state index in [-0.39, 0.29) is 11.3 Å². The Labute approximate surface area is 229 Å². The van der Waals surface area contributed by atoms with Crippen molar-refractivity contribution in [3.05, 3.63) is 94.6 Å². The van der Waals surface area contributed by atoms with Gasteiger partial charge in [-0.1, -0.05) is 36.5 Å². The first kappa shape index (κ1) is 26.1. The monoisotopic (exact) mass is 542 g/mol. The molecule has 2 heterocycles. The molecule has 1 atom stereocenters. The number of amides is 1. The van der Waals surface area contributed by atoms with Crippen molar-refractivity contribution in [2.24, 2.45) is 0 Å².